The van der Waals surface area contributed by atoms with E-state index >= 15 is 0 Å². The lowest BCUT2D eigenvalue weighted by Crippen LogP contribution is -2.16. The fourth-order valence-electron chi connectivity index (χ4n) is 16.7. The molecule has 0 amide bonds. The van der Waals surface area contributed by atoms with Crippen molar-refractivity contribution in [3.05, 3.63) is 325 Å². The third-order valence-corrected chi connectivity index (χ3v) is 21.9. The van der Waals surface area contributed by atoms with Crippen LogP contribution in [0.4, 0.5) is 0 Å². The van der Waals surface area contributed by atoms with E-state index in [4.69, 9.17) is 19.9 Å². The molecule has 3 aliphatic rings. The van der Waals surface area contributed by atoms with Gasteiger partial charge in [0.15, 0.2) is 11.6 Å². The van der Waals surface area contributed by atoms with E-state index in [9.17, 15) is 0 Å². The summed E-state index contributed by atoms with van der Waals surface area (Å²) in [4.78, 5) is 21.7. The first-order chi connectivity index (χ1) is 47.3. The molecule has 0 saturated carbocycles. The van der Waals surface area contributed by atoms with Crippen molar-refractivity contribution in [1.29, 1.82) is 0 Å². The molecule has 19 rings (SSSR count). The minimum atomic E-state index is -0.284. The topological polar surface area (TPSA) is 51.6 Å². The highest BCUT2D eigenvalue weighted by Crippen LogP contribution is 2.55. The SMILES string of the molecule is CC1(C)c2cc(-c3ccc4c(c3)C(C)(C)c3cc(-c5nc(-c6cccc7ccccc67)cc(-c6cccc7ccccc67)n5)ccc3-4)ccc2-c2ccc(-c3ccc4c(c3)C(C)(C)c3cc(-c5nc(-c6cccc7ccccc67)cc(-c6cccc7ccccc67)n5)ccc3-4)cc21. The monoisotopic (exact) mass is 1240 g/mol. The number of benzene rings is 14. The summed E-state index contributed by atoms with van der Waals surface area (Å²) in [5, 5.41) is 9.42. The molecule has 97 heavy (non-hydrogen) atoms. The Morgan fingerprint density at radius 1 is 0.186 bits per heavy atom. The van der Waals surface area contributed by atoms with E-state index < -0.39 is 0 Å². The molecule has 2 heterocycles. The van der Waals surface area contributed by atoms with Crippen LogP contribution in [0.3, 0.4) is 0 Å². The Labute approximate surface area is 565 Å². The van der Waals surface area contributed by atoms with E-state index in [1.807, 2.05) is 0 Å². The average Bonchev–Trinajstić information content (AvgIpc) is 1.63. The van der Waals surface area contributed by atoms with Crippen LogP contribution in [0.15, 0.2) is 291 Å². The molecule has 0 aliphatic heterocycles. The van der Waals surface area contributed by atoms with Crippen LogP contribution in [0, 0.1) is 0 Å². The van der Waals surface area contributed by atoms with Gasteiger partial charge in [-0.2, -0.15) is 0 Å². The van der Waals surface area contributed by atoms with E-state index in [0.717, 1.165) is 56.2 Å². The van der Waals surface area contributed by atoms with Crippen molar-refractivity contribution in [3.63, 3.8) is 0 Å². The molecule has 4 nitrogen and oxygen atoms in total. The van der Waals surface area contributed by atoms with Gasteiger partial charge in [-0.15, -0.1) is 0 Å². The van der Waals surface area contributed by atoms with Gasteiger partial charge in [-0.1, -0.05) is 284 Å². The van der Waals surface area contributed by atoms with Crippen LogP contribution >= 0.6 is 0 Å². The number of rotatable bonds is 8. The lowest BCUT2D eigenvalue weighted by molar-refractivity contribution is 0.659. The van der Waals surface area contributed by atoms with Crippen LogP contribution in [-0.2, 0) is 16.2 Å². The minimum absolute atomic E-state index is 0.233. The lowest BCUT2D eigenvalue weighted by atomic mass is 9.79. The predicted molar refractivity (Wildman–Crippen MR) is 404 cm³/mol. The van der Waals surface area contributed by atoms with Gasteiger partial charge < -0.3 is 0 Å². The third-order valence-electron chi connectivity index (χ3n) is 21.9. The van der Waals surface area contributed by atoms with Crippen LogP contribution in [0.25, 0.3) is 167 Å². The summed E-state index contributed by atoms with van der Waals surface area (Å²) < 4.78 is 0. The summed E-state index contributed by atoms with van der Waals surface area (Å²) in [5.74, 6) is 1.43. The molecule has 458 valence electrons. The predicted octanol–water partition coefficient (Wildman–Crippen LogP) is 24.1. The summed E-state index contributed by atoms with van der Waals surface area (Å²) in [6.07, 6.45) is 0. The highest BCUT2D eigenvalue weighted by atomic mass is 14.9. The number of hydrogen-bond donors (Lipinski definition) is 0. The van der Waals surface area contributed by atoms with Gasteiger partial charge in [0.25, 0.3) is 0 Å². The zero-order valence-electron chi connectivity index (χ0n) is 55.0. The van der Waals surface area contributed by atoms with Crippen LogP contribution in [-0.4, -0.2) is 19.9 Å². The highest BCUT2D eigenvalue weighted by molar-refractivity contribution is 6.02. The van der Waals surface area contributed by atoms with Crippen molar-refractivity contribution in [2.45, 2.75) is 57.8 Å². The van der Waals surface area contributed by atoms with Crippen LogP contribution in [0.2, 0.25) is 0 Å². The van der Waals surface area contributed by atoms with Gasteiger partial charge in [0, 0.05) is 49.6 Å². The van der Waals surface area contributed by atoms with Gasteiger partial charge in [-0.3, -0.25) is 0 Å². The first kappa shape index (κ1) is 56.8. The van der Waals surface area contributed by atoms with Gasteiger partial charge >= 0.3 is 0 Å². The lowest BCUT2D eigenvalue weighted by Gasteiger charge is -2.24. The van der Waals surface area contributed by atoms with E-state index in [1.54, 1.807) is 0 Å². The van der Waals surface area contributed by atoms with E-state index in [2.05, 4.69) is 333 Å². The number of nitrogens with zero attached hydrogens (tertiary/aromatic N) is 4. The van der Waals surface area contributed by atoms with Crippen molar-refractivity contribution in [3.8, 4) is 123 Å². The fourth-order valence-corrected chi connectivity index (χ4v) is 16.7. The second-order valence-corrected chi connectivity index (χ2v) is 28.5. The number of hydrogen-bond acceptors (Lipinski definition) is 4. The Balaban J connectivity index is 0.625. The summed E-state index contributed by atoms with van der Waals surface area (Å²) in [6, 6.07) is 107. The standard InChI is InChI=1S/C93H66N4/c1-91(2)79-47-59(61-37-43-71-73-45-39-63(51-83(73)92(3,4)81(71)49-61)89-94-85(75-31-15-23-55-19-7-11-27-65(55)75)53-86(95-89)76-32-16-24-56-20-8-12-28-66(56)76)35-41-69(79)70-42-36-60(48-80(70)91)62-38-44-72-74-46-40-64(52-84(74)93(5,6)82(72)50-62)90-96-87(77-33-17-25-57-21-9-13-29-67(57)77)54-88(97-90)78-34-18-26-58-22-10-14-30-68(58)78/h7-54H,1-6H3. The van der Waals surface area contributed by atoms with Gasteiger partial charge in [-0.25, -0.2) is 19.9 Å². The zero-order valence-corrected chi connectivity index (χ0v) is 55.0. The first-order valence-electron chi connectivity index (χ1n) is 33.9. The molecule has 0 saturated heterocycles. The summed E-state index contributed by atoms with van der Waals surface area (Å²) in [6.45, 7) is 14.3. The Bertz CT molecular complexity index is 5480. The molecule has 0 N–H and O–H groups in total. The normalized spacial score (nSPS) is 14.1. The maximum absolute atomic E-state index is 5.43. The van der Waals surface area contributed by atoms with Gasteiger partial charge in [0.1, 0.15) is 0 Å². The Morgan fingerprint density at radius 2 is 0.392 bits per heavy atom. The fraction of sp³-hybridized carbons (Fsp3) is 0.0968. The van der Waals surface area contributed by atoms with E-state index in [0.29, 0.717) is 11.6 Å². The summed E-state index contributed by atoms with van der Waals surface area (Å²) in [5.41, 5.74) is 29.8. The van der Waals surface area contributed by atoms with Gasteiger partial charge in [0.05, 0.1) is 22.8 Å². The van der Waals surface area contributed by atoms with Crippen molar-refractivity contribution in [2.24, 2.45) is 0 Å². The maximum atomic E-state index is 5.43. The molecule has 14 aromatic carbocycles. The highest BCUT2D eigenvalue weighted by Gasteiger charge is 2.40. The van der Waals surface area contributed by atoms with Crippen LogP contribution < -0.4 is 0 Å². The van der Waals surface area contributed by atoms with Crippen molar-refractivity contribution >= 4 is 43.1 Å². The Kier molecular flexibility index (Phi) is 12.4. The first-order valence-corrected chi connectivity index (χ1v) is 33.9. The van der Waals surface area contributed by atoms with E-state index in [1.165, 1.54) is 132 Å². The van der Waals surface area contributed by atoms with Crippen molar-refractivity contribution < 1.29 is 0 Å². The maximum Gasteiger partial charge on any atom is 0.160 e. The molecular formula is C93H66N4. The quantitative estimate of drug-likeness (QED) is 0.152. The largest absolute Gasteiger partial charge is 0.228 e. The molecule has 16 aromatic rings. The second-order valence-electron chi connectivity index (χ2n) is 28.5. The van der Waals surface area contributed by atoms with Crippen molar-refractivity contribution in [1.82, 2.24) is 19.9 Å². The molecule has 0 bridgehead atoms. The molecule has 0 fully saturated rings. The average molecular weight is 1240 g/mol. The number of fused-ring (bicyclic) bond motifs is 13. The zero-order chi connectivity index (χ0) is 65.1. The van der Waals surface area contributed by atoms with E-state index in [-0.39, 0.29) is 16.2 Å². The molecule has 3 aliphatic carbocycles. The summed E-state index contributed by atoms with van der Waals surface area (Å²) >= 11 is 0. The Morgan fingerprint density at radius 3 is 0.639 bits per heavy atom. The third kappa shape index (κ3) is 8.82. The molecule has 4 heteroatoms. The molecular weight excluding hydrogens is 1170 g/mol. The van der Waals surface area contributed by atoms with Gasteiger partial charge in [0.2, 0.25) is 0 Å². The Hall–Kier alpha value is -11.7. The molecule has 0 spiro atoms. The minimum Gasteiger partial charge on any atom is -0.228 e. The molecule has 2 aromatic heterocycles. The smallest absolute Gasteiger partial charge is 0.160 e. The second kappa shape index (κ2) is 21.1. The molecule has 0 unspecified atom stereocenters. The summed E-state index contributed by atoms with van der Waals surface area (Å²) in [7, 11) is 0. The molecule has 0 radical (unpaired) electrons. The van der Waals surface area contributed by atoms with Crippen LogP contribution in [0.1, 0.15) is 74.9 Å². The van der Waals surface area contributed by atoms with Crippen molar-refractivity contribution in [2.75, 3.05) is 0 Å². The van der Waals surface area contributed by atoms with Crippen LogP contribution in [0.5, 0.6) is 0 Å². The number of aromatic nitrogens is 4. The molecule has 0 atom stereocenters. The van der Waals surface area contributed by atoms with Gasteiger partial charge in [-0.05, 0) is 181 Å².